The van der Waals surface area contributed by atoms with Crippen LogP contribution < -0.4 is 5.32 Å². The molecule has 2 heterocycles. The number of aldehydes is 1. The number of aromatic nitrogens is 3. The number of anilines is 1. The van der Waals surface area contributed by atoms with Crippen LogP contribution in [0.3, 0.4) is 0 Å². The highest BCUT2D eigenvalue weighted by Crippen LogP contribution is 2.25. The van der Waals surface area contributed by atoms with Gasteiger partial charge in [0.05, 0.1) is 31.0 Å². The maximum Gasteiger partial charge on any atom is 0.226 e. The number of halogens is 1. The first-order valence-electron chi connectivity index (χ1n) is 8.62. The smallest absolute Gasteiger partial charge is 0.226 e. The molecule has 0 bridgehead atoms. The van der Waals surface area contributed by atoms with Gasteiger partial charge >= 0.3 is 0 Å². The molecule has 1 saturated heterocycles. The number of hydrogen-bond acceptors (Lipinski definition) is 7. The molecule has 2 aromatic carbocycles. The highest BCUT2D eigenvalue weighted by atomic mass is 19.1. The van der Waals surface area contributed by atoms with Crippen LogP contribution in [-0.2, 0) is 9.47 Å². The van der Waals surface area contributed by atoms with Gasteiger partial charge in [-0.25, -0.2) is 4.39 Å². The molecular formula is C19H17FN4O4. The van der Waals surface area contributed by atoms with E-state index in [0.29, 0.717) is 37.7 Å². The Morgan fingerprint density at radius 1 is 1.21 bits per heavy atom. The molecule has 4 rings (SSSR count). The number of hydrogen-bond donors (Lipinski definition) is 2. The molecule has 1 aromatic heterocycles. The van der Waals surface area contributed by atoms with Gasteiger partial charge in [-0.2, -0.15) is 9.67 Å². The number of benzene rings is 2. The van der Waals surface area contributed by atoms with E-state index in [9.17, 15) is 14.3 Å². The van der Waals surface area contributed by atoms with Crippen molar-refractivity contribution in [3.8, 4) is 22.8 Å². The second-order valence-electron chi connectivity index (χ2n) is 6.10. The maximum absolute atomic E-state index is 14.4. The van der Waals surface area contributed by atoms with Gasteiger partial charge in [-0.15, -0.1) is 5.10 Å². The highest BCUT2D eigenvalue weighted by molar-refractivity contribution is 5.76. The van der Waals surface area contributed by atoms with E-state index in [-0.39, 0.29) is 22.7 Å². The average Bonchev–Trinajstić information content (AvgIpc) is 3.36. The van der Waals surface area contributed by atoms with Gasteiger partial charge < -0.3 is 19.9 Å². The summed E-state index contributed by atoms with van der Waals surface area (Å²) < 4.78 is 26.7. The fraction of sp³-hybridized carbons (Fsp3) is 0.211. The summed E-state index contributed by atoms with van der Waals surface area (Å²) in [5, 5.41) is 17.0. The van der Waals surface area contributed by atoms with Gasteiger partial charge in [0, 0.05) is 5.56 Å². The van der Waals surface area contributed by atoms with Crippen LogP contribution in [-0.4, -0.2) is 52.2 Å². The summed E-state index contributed by atoms with van der Waals surface area (Å²) in [4.78, 5) is 15.2. The first kappa shape index (κ1) is 18.1. The average molecular weight is 384 g/mol. The van der Waals surface area contributed by atoms with Gasteiger partial charge in [-0.3, -0.25) is 4.79 Å². The predicted molar refractivity (Wildman–Crippen MR) is 98.0 cm³/mol. The molecular weight excluding hydrogens is 367 g/mol. The van der Waals surface area contributed by atoms with E-state index < -0.39 is 12.1 Å². The van der Waals surface area contributed by atoms with Crippen LogP contribution >= 0.6 is 0 Å². The number of aromatic hydroxyl groups is 1. The lowest BCUT2D eigenvalue weighted by atomic mass is 10.1. The van der Waals surface area contributed by atoms with Crippen LogP contribution in [0.2, 0.25) is 0 Å². The first-order chi connectivity index (χ1) is 13.6. The molecule has 0 spiro atoms. The van der Waals surface area contributed by atoms with Gasteiger partial charge in [-0.1, -0.05) is 6.07 Å². The minimum Gasteiger partial charge on any atom is -0.508 e. The molecule has 0 amide bonds. The Labute approximate surface area is 159 Å². The lowest BCUT2D eigenvalue weighted by molar-refractivity contribution is -0.0300. The van der Waals surface area contributed by atoms with Crippen molar-refractivity contribution in [2.75, 3.05) is 25.1 Å². The molecule has 3 aromatic rings. The second kappa shape index (κ2) is 7.75. The number of carbonyl (C=O) groups excluding carboxylic acids is 1. The van der Waals surface area contributed by atoms with E-state index in [0.717, 1.165) is 6.07 Å². The van der Waals surface area contributed by atoms with E-state index >= 15 is 0 Å². The van der Waals surface area contributed by atoms with E-state index in [2.05, 4.69) is 15.4 Å². The largest absolute Gasteiger partial charge is 0.508 e. The Kier molecular flexibility index (Phi) is 5.00. The summed E-state index contributed by atoms with van der Waals surface area (Å²) in [5.41, 5.74) is 1.02. The minimum absolute atomic E-state index is 0.113. The quantitative estimate of drug-likeness (QED) is 0.630. The second-order valence-corrected chi connectivity index (χ2v) is 6.10. The zero-order valence-electron chi connectivity index (χ0n) is 14.7. The number of ether oxygens (including phenoxy) is 2. The molecule has 0 atom stereocenters. The van der Waals surface area contributed by atoms with E-state index in [1.807, 2.05) is 0 Å². The van der Waals surface area contributed by atoms with Gasteiger partial charge in [0.1, 0.15) is 17.9 Å². The molecule has 0 radical (unpaired) electrons. The van der Waals surface area contributed by atoms with Gasteiger partial charge in [-0.05, 0) is 36.4 Å². The number of nitrogens with one attached hydrogen (secondary N) is 1. The summed E-state index contributed by atoms with van der Waals surface area (Å²) in [7, 11) is 0. The monoisotopic (exact) mass is 384 g/mol. The van der Waals surface area contributed by atoms with E-state index in [4.69, 9.17) is 9.47 Å². The van der Waals surface area contributed by atoms with Gasteiger partial charge in [0.25, 0.3) is 0 Å². The SMILES string of the molecule is O=Cc1ccc(-c2nc(NCC3OCCO3)n(-c3ccc(O)cc3)n2)c(F)c1. The summed E-state index contributed by atoms with van der Waals surface area (Å²) in [6.45, 7) is 1.38. The lowest BCUT2D eigenvalue weighted by Crippen LogP contribution is -2.22. The standard InChI is InChI=1S/C19H17FN4O4/c20-16-9-12(11-25)1-6-15(16)18-22-19(21-10-17-27-7-8-28-17)24(23-18)13-2-4-14(26)5-3-13/h1-6,9,11,17,26H,7-8,10H2,(H,21,22,23). The topological polar surface area (TPSA) is 98.5 Å². The Morgan fingerprint density at radius 3 is 2.64 bits per heavy atom. The molecule has 8 nitrogen and oxygen atoms in total. The molecule has 0 unspecified atom stereocenters. The number of phenols is 1. The van der Waals surface area contributed by atoms with E-state index in [1.54, 1.807) is 12.1 Å². The zero-order chi connectivity index (χ0) is 19.5. The lowest BCUT2D eigenvalue weighted by Gasteiger charge is -2.11. The van der Waals surface area contributed by atoms with Crippen molar-refractivity contribution in [1.29, 1.82) is 0 Å². The summed E-state index contributed by atoms with van der Waals surface area (Å²) in [6, 6.07) is 10.5. The maximum atomic E-state index is 14.4. The normalized spacial score (nSPS) is 14.3. The van der Waals surface area contributed by atoms with Crippen LogP contribution in [0.1, 0.15) is 10.4 Å². The third-order valence-corrected chi connectivity index (χ3v) is 4.19. The molecule has 1 fully saturated rings. The van der Waals surface area contributed by atoms with Crippen molar-refractivity contribution < 1.29 is 23.8 Å². The Hall–Kier alpha value is -3.30. The number of carbonyl (C=O) groups is 1. The molecule has 0 aliphatic carbocycles. The Morgan fingerprint density at radius 2 is 1.96 bits per heavy atom. The summed E-state index contributed by atoms with van der Waals surface area (Å²) in [6.07, 6.45) is 0.168. The highest BCUT2D eigenvalue weighted by Gasteiger charge is 2.20. The number of nitrogens with zero attached hydrogens (tertiary/aromatic N) is 3. The van der Waals surface area contributed by atoms with Crippen LogP contribution in [0.5, 0.6) is 5.75 Å². The molecule has 2 N–H and O–H groups in total. The van der Waals surface area contributed by atoms with Crippen molar-refractivity contribution in [3.63, 3.8) is 0 Å². The number of phenolic OH excluding ortho intramolecular Hbond substituents is 1. The molecule has 1 aliphatic heterocycles. The van der Waals surface area contributed by atoms with Crippen LogP contribution in [0, 0.1) is 5.82 Å². The van der Waals surface area contributed by atoms with Crippen LogP contribution in [0.4, 0.5) is 10.3 Å². The Balaban J connectivity index is 1.70. The van der Waals surface area contributed by atoms with Gasteiger partial charge in [0.15, 0.2) is 12.1 Å². The molecule has 9 heteroatoms. The van der Waals surface area contributed by atoms with Crippen molar-refractivity contribution >= 4 is 12.2 Å². The third-order valence-electron chi connectivity index (χ3n) is 4.19. The van der Waals surface area contributed by atoms with Crippen molar-refractivity contribution in [2.45, 2.75) is 6.29 Å². The third kappa shape index (κ3) is 3.71. The van der Waals surface area contributed by atoms with Crippen molar-refractivity contribution in [3.05, 3.63) is 53.8 Å². The zero-order valence-corrected chi connectivity index (χ0v) is 14.7. The Bertz CT molecular complexity index is 984. The van der Waals surface area contributed by atoms with Crippen molar-refractivity contribution in [1.82, 2.24) is 14.8 Å². The van der Waals surface area contributed by atoms with Crippen molar-refractivity contribution in [2.24, 2.45) is 0 Å². The minimum atomic E-state index is -0.596. The fourth-order valence-electron chi connectivity index (χ4n) is 2.80. The summed E-state index contributed by atoms with van der Waals surface area (Å²) >= 11 is 0. The van der Waals surface area contributed by atoms with Gasteiger partial charge in [0.2, 0.25) is 5.95 Å². The van der Waals surface area contributed by atoms with Crippen LogP contribution in [0.15, 0.2) is 42.5 Å². The number of rotatable bonds is 6. The first-order valence-corrected chi connectivity index (χ1v) is 8.62. The molecule has 28 heavy (non-hydrogen) atoms. The molecule has 0 saturated carbocycles. The molecule has 1 aliphatic rings. The fourth-order valence-corrected chi connectivity index (χ4v) is 2.80. The van der Waals surface area contributed by atoms with Crippen LogP contribution in [0.25, 0.3) is 17.1 Å². The van der Waals surface area contributed by atoms with E-state index in [1.165, 1.54) is 28.9 Å². The molecule has 144 valence electrons. The predicted octanol–water partition coefficient (Wildman–Crippen LogP) is 2.38. The summed E-state index contributed by atoms with van der Waals surface area (Å²) in [5.74, 6) is 0.0285.